The third kappa shape index (κ3) is 2.96. The van der Waals surface area contributed by atoms with Crippen LogP contribution in [0.1, 0.15) is 21.5 Å². The number of carboxylic acid groups (broad SMARTS) is 1. The fourth-order valence-electron chi connectivity index (χ4n) is 2.36. The number of nitrogens with zero attached hydrogens (tertiary/aromatic N) is 3. The number of carbonyl (C=O) groups is 1. The minimum Gasteiger partial charge on any atom is -0.506 e. The maximum atomic E-state index is 12.0. The van der Waals surface area contributed by atoms with Crippen LogP contribution < -0.4 is 0 Å². The minimum absolute atomic E-state index is 0.0998. The molecule has 0 atom stereocenters. The molecule has 1 heterocycles. The SMILES string of the molecule is CN(/N=C\c1cccc(C(=O)O)c1O)C1=NS(=O)(=O)c2ccccc21. The van der Waals surface area contributed by atoms with E-state index in [9.17, 15) is 18.3 Å². The molecular formula is C16H13N3O5S. The van der Waals surface area contributed by atoms with E-state index in [0.717, 1.165) is 0 Å². The number of amidine groups is 1. The van der Waals surface area contributed by atoms with Crippen molar-refractivity contribution in [2.24, 2.45) is 9.50 Å². The summed E-state index contributed by atoms with van der Waals surface area (Å²) in [5.74, 6) is -1.55. The molecule has 2 aromatic carbocycles. The van der Waals surface area contributed by atoms with Crippen molar-refractivity contribution in [1.29, 1.82) is 0 Å². The minimum atomic E-state index is -3.76. The highest BCUT2D eigenvalue weighted by Gasteiger charge is 2.30. The van der Waals surface area contributed by atoms with E-state index in [4.69, 9.17) is 5.11 Å². The van der Waals surface area contributed by atoms with Gasteiger partial charge < -0.3 is 10.2 Å². The second-order valence-electron chi connectivity index (χ2n) is 5.20. The van der Waals surface area contributed by atoms with E-state index in [1.54, 1.807) is 18.2 Å². The summed E-state index contributed by atoms with van der Waals surface area (Å²) in [5, 5.41) is 24.3. The third-order valence-electron chi connectivity index (χ3n) is 3.59. The van der Waals surface area contributed by atoms with Crippen LogP contribution in [-0.4, -0.2) is 48.7 Å². The van der Waals surface area contributed by atoms with Crippen LogP contribution in [0.15, 0.2) is 56.9 Å². The molecule has 0 saturated heterocycles. The van der Waals surface area contributed by atoms with Gasteiger partial charge in [0, 0.05) is 18.2 Å². The van der Waals surface area contributed by atoms with E-state index in [0.29, 0.717) is 5.56 Å². The maximum Gasteiger partial charge on any atom is 0.339 e. The Morgan fingerprint density at radius 2 is 1.92 bits per heavy atom. The number of carboxylic acids is 1. The largest absolute Gasteiger partial charge is 0.506 e. The molecule has 128 valence electrons. The zero-order chi connectivity index (χ0) is 18.2. The number of hydrogen-bond acceptors (Lipinski definition) is 6. The number of hydrazone groups is 1. The molecule has 0 bridgehead atoms. The molecule has 3 rings (SSSR count). The van der Waals surface area contributed by atoms with Crippen molar-refractivity contribution >= 4 is 28.0 Å². The summed E-state index contributed by atoms with van der Waals surface area (Å²) >= 11 is 0. The number of fused-ring (bicyclic) bond motifs is 1. The van der Waals surface area contributed by atoms with E-state index >= 15 is 0 Å². The summed E-state index contributed by atoms with van der Waals surface area (Å²) < 4.78 is 27.8. The van der Waals surface area contributed by atoms with Crippen LogP contribution in [-0.2, 0) is 10.0 Å². The second kappa shape index (κ2) is 6.02. The number of rotatable bonds is 3. The molecule has 8 nitrogen and oxygen atoms in total. The summed E-state index contributed by atoms with van der Waals surface area (Å²) in [6.07, 6.45) is 1.23. The maximum absolute atomic E-state index is 12.0. The van der Waals surface area contributed by atoms with Crippen molar-refractivity contribution < 1.29 is 23.4 Å². The summed E-state index contributed by atoms with van der Waals surface area (Å²) in [5.41, 5.74) is 0.352. The predicted molar refractivity (Wildman–Crippen MR) is 90.6 cm³/mol. The van der Waals surface area contributed by atoms with E-state index < -0.39 is 21.7 Å². The summed E-state index contributed by atoms with van der Waals surface area (Å²) in [6, 6.07) is 10.6. The average Bonchev–Trinajstić information content (AvgIpc) is 2.85. The Bertz CT molecular complexity index is 1030. The van der Waals surface area contributed by atoms with Crippen molar-refractivity contribution in [3.05, 3.63) is 59.2 Å². The van der Waals surface area contributed by atoms with Crippen molar-refractivity contribution in [3.63, 3.8) is 0 Å². The fourth-order valence-corrected chi connectivity index (χ4v) is 3.59. The van der Waals surface area contributed by atoms with Crippen molar-refractivity contribution in [3.8, 4) is 5.75 Å². The van der Waals surface area contributed by atoms with Crippen LogP contribution in [0.2, 0.25) is 0 Å². The first-order chi connectivity index (χ1) is 11.8. The lowest BCUT2D eigenvalue weighted by Crippen LogP contribution is -2.21. The Hall–Kier alpha value is -3.20. The Labute approximate surface area is 143 Å². The van der Waals surface area contributed by atoms with Gasteiger partial charge in [-0.25, -0.2) is 9.80 Å². The molecule has 1 aliphatic rings. The first-order valence-electron chi connectivity index (χ1n) is 7.08. The van der Waals surface area contributed by atoms with E-state index in [-0.39, 0.29) is 21.9 Å². The van der Waals surface area contributed by atoms with Gasteiger partial charge in [0.15, 0.2) is 5.84 Å². The van der Waals surface area contributed by atoms with E-state index in [2.05, 4.69) is 9.50 Å². The molecule has 0 aliphatic carbocycles. The Balaban J connectivity index is 1.94. The summed E-state index contributed by atoms with van der Waals surface area (Å²) in [6.45, 7) is 0. The zero-order valence-electron chi connectivity index (χ0n) is 13.0. The number of aromatic hydroxyl groups is 1. The molecule has 0 radical (unpaired) electrons. The van der Waals surface area contributed by atoms with Gasteiger partial charge in [0.1, 0.15) is 16.2 Å². The summed E-state index contributed by atoms with van der Waals surface area (Å²) in [7, 11) is -2.26. The molecule has 0 spiro atoms. The molecule has 2 aromatic rings. The highest BCUT2D eigenvalue weighted by molar-refractivity contribution is 7.90. The first-order valence-corrected chi connectivity index (χ1v) is 8.52. The molecule has 2 N–H and O–H groups in total. The Morgan fingerprint density at radius 1 is 1.20 bits per heavy atom. The number of phenols is 1. The first kappa shape index (κ1) is 16.7. The molecule has 0 amide bonds. The lowest BCUT2D eigenvalue weighted by atomic mass is 10.1. The third-order valence-corrected chi connectivity index (χ3v) is 4.91. The van der Waals surface area contributed by atoms with Crippen LogP contribution in [0.5, 0.6) is 5.75 Å². The molecule has 0 aromatic heterocycles. The smallest absolute Gasteiger partial charge is 0.339 e. The van der Waals surface area contributed by atoms with Crippen molar-refractivity contribution in [2.75, 3.05) is 7.05 Å². The molecular weight excluding hydrogens is 346 g/mol. The van der Waals surface area contributed by atoms with E-state index in [1.165, 1.54) is 42.5 Å². The number of aromatic carboxylic acids is 1. The number of para-hydroxylation sites is 1. The lowest BCUT2D eigenvalue weighted by Gasteiger charge is -2.12. The Kier molecular flexibility index (Phi) is 4.01. The number of hydrogen-bond donors (Lipinski definition) is 2. The number of sulfonamides is 1. The van der Waals surface area contributed by atoms with Crippen LogP contribution in [0, 0.1) is 0 Å². The molecule has 0 unspecified atom stereocenters. The quantitative estimate of drug-likeness (QED) is 0.633. The van der Waals surface area contributed by atoms with Gasteiger partial charge in [-0.15, -0.1) is 4.40 Å². The van der Waals surface area contributed by atoms with Gasteiger partial charge in [0.05, 0.1) is 6.21 Å². The second-order valence-corrected chi connectivity index (χ2v) is 6.78. The topological polar surface area (TPSA) is 120 Å². The van der Waals surface area contributed by atoms with Crippen LogP contribution in [0.4, 0.5) is 0 Å². The van der Waals surface area contributed by atoms with Gasteiger partial charge in [-0.2, -0.15) is 13.5 Å². The molecule has 1 aliphatic heterocycles. The van der Waals surface area contributed by atoms with Gasteiger partial charge >= 0.3 is 5.97 Å². The highest BCUT2D eigenvalue weighted by Crippen LogP contribution is 2.27. The van der Waals surface area contributed by atoms with Gasteiger partial charge in [-0.1, -0.05) is 18.2 Å². The van der Waals surface area contributed by atoms with Crippen LogP contribution in [0.25, 0.3) is 0 Å². The average molecular weight is 359 g/mol. The van der Waals surface area contributed by atoms with Crippen molar-refractivity contribution in [2.45, 2.75) is 4.90 Å². The Morgan fingerprint density at radius 3 is 2.64 bits per heavy atom. The highest BCUT2D eigenvalue weighted by atomic mass is 32.2. The molecule has 0 saturated carbocycles. The molecule has 9 heteroatoms. The molecule has 25 heavy (non-hydrogen) atoms. The normalized spacial score (nSPS) is 15.0. The lowest BCUT2D eigenvalue weighted by molar-refractivity contribution is 0.0693. The fraction of sp³-hybridized carbons (Fsp3) is 0.0625. The van der Waals surface area contributed by atoms with Gasteiger partial charge in [-0.05, 0) is 24.3 Å². The van der Waals surface area contributed by atoms with Gasteiger partial charge in [0.25, 0.3) is 10.0 Å². The van der Waals surface area contributed by atoms with E-state index in [1.807, 2.05) is 0 Å². The van der Waals surface area contributed by atoms with Crippen molar-refractivity contribution in [1.82, 2.24) is 5.01 Å². The van der Waals surface area contributed by atoms with Gasteiger partial charge in [-0.3, -0.25) is 0 Å². The number of benzene rings is 2. The molecule has 0 fully saturated rings. The van der Waals surface area contributed by atoms with Gasteiger partial charge in [0.2, 0.25) is 0 Å². The standard InChI is InChI=1S/C16H13N3O5S/c1-19(15-11-6-2-3-8-13(11)25(23,24)18-15)17-9-10-5-4-7-12(14(10)20)16(21)22/h2-9,20H,1H3,(H,21,22)/b17-9-. The predicted octanol–water partition coefficient (Wildman–Crippen LogP) is 1.51. The summed E-state index contributed by atoms with van der Waals surface area (Å²) in [4.78, 5) is 11.1. The zero-order valence-corrected chi connectivity index (χ0v) is 13.8. The monoisotopic (exact) mass is 359 g/mol. The van der Waals surface area contributed by atoms with Crippen LogP contribution in [0.3, 0.4) is 0 Å². The van der Waals surface area contributed by atoms with Crippen LogP contribution >= 0.6 is 0 Å².